The van der Waals surface area contributed by atoms with E-state index in [9.17, 15) is 9.59 Å². The van der Waals surface area contributed by atoms with Gasteiger partial charge in [-0.25, -0.2) is 0 Å². The number of nitrogens with two attached hydrogens (primary N) is 1. The quantitative estimate of drug-likeness (QED) is 0.691. The van der Waals surface area contributed by atoms with Crippen LogP contribution in [0.3, 0.4) is 0 Å². The van der Waals surface area contributed by atoms with Crippen LogP contribution >= 0.6 is 0 Å². The Kier molecular flexibility index (Phi) is 6.33. The van der Waals surface area contributed by atoms with Crippen molar-refractivity contribution in [1.82, 2.24) is 15.6 Å². The highest BCUT2D eigenvalue weighted by molar-refractivity contribution is 5.79. The number of hydrogen-bond acceptors (Lipinski definition) is 4. The third-order valence-electron chi connectivity index (χ3n) is 3.94. The Labute approximate surface area is 130 Å². The third kappa shape index (κ3) is 5.81. The summed E-state index contributed by atoms with van der Waals surface area (Å²) in [6.07, 6.45) is 7.18. The van der Waals surface area contributed by atoms with E-state index in [0.717, 1.165) is 24.8 Å². The van der Waals surface area contributed by atoms with Crippen molar-refractivity contribution in [2.24, 2.45) is 11.7 Å². The van der Waals surface area contributed by atoms with Crippen molar-refractivity contribution >= 4 is 11.8 Å². The molecule has 6 heteroatoms. The van der Waals surface area contributed by atoms with Crippen molar-refractivity contribution in [2.45, 2.75) is 44.7 Å². The SMILES string of the molecule is N[C@H]1CC[C@@H](CC(=O)NCCC(=O)NCc2cccnc2)C1. The lowest BCUT2D eigenvalue weighted by atomic mass is 10.0. The van der Waals surface area contributed by atoms with E-state index >= 15 is 0 Å². The predicted molar refractivity (Wildman–Crippen MR) is 83.6 cm³/mol. The predicted octanol–water partition coefficient (Wildman–Crippen LogP) is 0.722. The van der Waals surface area contributed by atoms with Crippen molar-refractivity contribution < 1.29 is 9.59 Å². The second-order valence-corrected chi connectivity index (χ2v) is 5.88. The molecule has 0 aliphatic heterocycles. The zero-order valence-electron chi connectivity index (χ0n) is 12.8. The molecule has 22 heavy (non-hydrogen) atoms. The van der Waals surface area contributed by atoms with Gasteiger partial charge < -0.3 is 16.4 Å². The number of hydrogen-bond donors (Lipinski definition) is 3. The minimum absolute atomic E-state index is 0.0131. The highest BCUT2D eigenvalue weighted by Gasteiger charge is 2.23. The van der Waals surface area contributed by atoms with Crippen LogP contribution in [0.5, 0.6) is 0 Å². The van der Waals surface area contributed by atoms with Crippen molar-refractivity contribution in [1.29, 1.82) is 0 Å². The lowest BCUT2D eigenvalue weighted by Gasteiger charge is -2.10. The number of rotatable bonds is 7. The van der Waals surface area contributed by atoms with Crippen molar-refractivity contribution in [2.75, 3.05) is 6.54 Å². The summed E-state index contributed by atoms with van der Waals surface area (Å²) in [7, 11) is 0. The van der Waals surface area contributed by atoms with Crippen LogP contribution in [-0.4, -0.2) is 29.4 Å². The summed E-state index contributed by atoms with van der Waals surface area (Å²) in [4.78, 5) is 27.4. The average molecular weight is 304 g/mol. The largest absolute Gasteiger partial charge is 0.356 e. The summed E-state index contributed by atoms with van der Waals surface area (Å²) in [6.45, 7) is 0.830. The fourth-order valence-corrected chi connectivity index (χ4v) is 2.74. The molecule has 1 aromatic heterocycles. The number of nitrogens with one attached hydrogen (secondary N) is 2. The van der Waals surface area contributed by atoms with Gasteiger partial charge in [0.2, 0.25) is 11.8 Å². The molecule has 0 bridgehead atoms. The summed E-state index contributed by atoms with van der Waals surface area (Å²) in [5.74, 6) is 0.334. The zero-order chi connectivity index (χ0) is 15.8. The molecule has 2 atom stereocenters. The maximum absolute atomic E-state index is 11.8. The van der Waals surface area contributed by atoms with Gasteiger partial charge in [0.1, 0.15) is 0 Å². The second kappa shape index (κ2) is 8.48. The second-order valence-electron chi connectivity index (χ2n) is 5.88. The Balaban J connectivity index is 1.55. The molecule has 0 radical (unpaired) electrons. The van der Waals surface area contributed by atoms with E-state index in [4.69, 9.17) is 5.73 Å². The maximum atomic E-state index is 11.8. The van der Waals surface area contributed by atoms with Crippen LogP contribution in [0.4, 0.5) is 0 Å². The first-order chi connectivity index (χ1) is 10.6. The van der Waals surface area contributed by atoms with Crippen LogP contribution < -0.4 is 16.4 Å². The van der Waals surface area contributed by atoms with Crippen LogP contribution in [-0.2, 0) is 16.1 Å². The molecule has 1 saturated carbocycles. The summed E-state index contributed by atoms with van der Waals surface area (Å²) in [5.41, 5.74) is 6.79. The van der Waals surface area contributed by atoms with Gasteiger partial charge in [0.25, 0.3) is 0 Å². The van der Waals surface area contributed by atoms with Gasteiger partial charge in [0.05, 0.1) is 0 Å². The molecule has 0 unspecified atom stereocenters. The molecule has 120 valence electrons. The van der Waals surface area contributed by atoms with Crippen LogP contribution in [0, 0.1) is 5.92 Å². The molecule has 2 rings (SSSR count). The van der Waals surface area contributed by atoms with E-state index in [1.54, 1.807) is 12.4 Å². The first-order valence-corrected chi connectivity index (χ1v) is 7.81. The molecule has 6 nitrogen and oxygen atoms in total. The summed E-state index contributed by atoms with van der Waals surface area (Å²) in [6, 6.07) is 3.98. The van der Waals surface area contributed by atoms with E-state index in [0.29, 0.717) is 25.4 Å². The van der Waals surface area contributed by atoms with E-state index in [-0.39, 0.29) is 24.3 Å². The number of amides is 2. The average Bonchev–Trinajstić information content (AvgIpc) is 2.91. The van der Waals surface area contributed by atoms with Crippen molar-refractivity contribution in [3.63, 3.8) is 0 Å². The van der Waals surface area contributed by atoms with Gasteiger partial charge in [0, 0.05) is 44.4 Å². The van der Waals surface area contributed by atoms with E-state index in [1.807, 2.05) is 12.1 Å². The number of pyridine rings is 1. The number of nitrogens with zero attached hydrogens (tertiary/aromatic N) is 1. The van der Waals surface area contributed by atoms with Gasteiger partial charge in [0.15, 0.2) is 0 Å². The lowest BCUT2D eigenvalue weighted by Crippen LogP contribution is -2.31. The van der Waals surface area contributed by atoms with Crippen LogP contribution in [0.1, 0.15) is 37.7 Å². The summed E-state index contributed by atoms with van der Waals surface area (Å²) >= 11 is 0. The topological polar surface area (TPSA) is 97.1 Å². The van der Waals surface area contributed by atoms with Crippen molar-refractivity contribution in [3.8, 4) is 0 Å². The lowest BCUT2D eigenvalue weighted by molar-refractivity contribution is -0.122. The fraction of sp³-hybridized carbons (Fsp3) is 0.562. The van der Waals surface area contributed by atoms with Crippen LogP contribution in [0.25, 0.3) is 0 Å². The molecule has 0 aromatic carbocycles. The monoisotopic (exact) mass is 304 g/mol. The van der Waals surface area contributed by atoms with Gasteiger partial charge in [-0.15, -0.1) is 0 Å². The van der Waals surface area contributed by atoms with E-state index < -0.39 is 0 Å². The summed E-state index contributed by atoms with van der Waals surface area (Å²) in [5, 5.41) is 5.61. The minimum atomic E-state index is -0.0768. The van der Waals surface area contributed by atoms with Gasteiger partial charge in [-0.3, -0.25) is 14.6 Å². The van der Waals surface area contributed by atoms with Gasteiger partial charge in [-0.2, -0.15) is 0 Å². The molecular formula is C16H24N4O2. The molecule has 1 aliphatic carbocycles. The van der Waals surface area contributed by atoms with Gasteiger partial charge in [-0.05, 0) is 36.8 Å². The van der Waals surface area contributed by atoms with Crippen LogP contribution in [0.2, 0.25) is 0 Å². The number of carbonyl (C=O) groups is 2. The molecule has 1 fully saturated rings. The fourth-order valence-electron chi connectivity index (χ4n) is 2.74. The molecular weight excluding hydrogens is 280 g/mol. The Hall–Kier alpha value is -1.95. The Morgan fingerprint density at radius 1 is 1.27 bits per heavy atom. The first kappa shape index (κ1) is 16.4. The van der Waals surface area contributed by atoms with E-state index in [1.165, 1.54) is 0 Å². The normalized spacial score (nSPS) is 20.6. The molecule has 2 amide bonds. The molecule has 0 spiro atoms. The summed E-state index contributed by atoms with van der Waals surface area (Å²) < 4.78 is 0. The molecule has 0 saturated heterocycles. The Morgan fingerprint density at radius 2 is 2.14 bits per heavy atom. The highest BCUT2D eigenvalue weighted by atomic mass is 16.2. The first-order valence-electron chi connectivity index (χ1n) is 7.81. The van der Waals surface area contributed by atoms with Crippen molar-refractivity contribution in [3.05, 3.63) is 30.1 Å². The van der Waals surface area contributed by atoms with Gasteiger partial charge >= 0.3 is 0 Å². The number of aromatic nitrogens is 1. The standard InChI is InChI=1S/C16H24N4O2/c17-14-4-3-12(8-14)9-16(22)19-7-5-15(21)20-11-13-2-1-6-18-10-13/h1-2,6,10,12,14H,3-5,7-9,11,17H2,(H,19,22)(H,20,21)/t12-,14+/m1/s1. The Bertz CT molecular complexity index is 492. The molecule has 1 heterocycles. The minimum Gasteiger partial charge on any atom is -0.356 e. The molecule has 4 N–H and O–H groups in total. The zero-order valence-corrected chi connectivity index (χ0v) is 12.8. The van der Waals surface area contributed by atoms with E-state index in [2.05, 4.69) is 15.6 Å². The number of carbonyl (C=O) groups excluding carboxylic acids is 2. The van der Waals surface area contributed by atoms with Gasteiger partial charge in [-0.1, -0.05) is 6.07 Å². The highest BCUT2D eigenvalue weighted by Crippen LogP contribution is 2.26. The molecule has 1 aromatic rings. The third-order valence-corrected chi connectivity index (χ3v) is 3.94. The smallest absolute Gasteiger partial charge is 0.222 e. The maximum Gasteiger partial charge on any atom is 0.222 e. The van der Waals surface area contributed by atoms with Crippen LogP contribution in [0.15, 0.2) is 24.5 Å². The Morgan fingerprint density at radius 3 is 2.82 bits per heavy atom. The molecule has 1 aliphatic rings.